The molecule has 0 aliphatic rings. The lowest BCUT2D eigenvalue weighted by Crippen LogP contribution is -2.25. The number of anilines is 1. The van der Waals surface area contributed by atoms with E-state index in [0.29, 0.717) is 24.6 Å². The van der Waals surface area contributed by atoms with Crippen LogP contribution in [0.25, 0.3) is 0 Å². The fourth-order valence-corrected chi connectivity index (χ4v) is 1.78. The maximum atomic E-state index is 11.1. The van der Waals surface area contributed by atoms with E-state index in [1.165, 1.54) is 14.2 Å². The van der Waals surface area contributed by atoms with Gasteiger partial charge in [0.2, 0.25) is 5.82 Å². The highest BCUT2D eigenvalue weighted by molar-refractivity contribution is 5.59. The molecule has 0 bridgehead atoms. The van der Waals surface area contributed by atoms with E-state index in [4.69, 9.17) is 9.47 Å². The smallest absolute Gasteiger partial charge is 0.333 e. The molecule has 0 fully saturated rings. The van der Waals surface area contributed by atoms with E-state index in [9.17, 15) is 10.1 Å². The minimum atomic E-state index is -0.468. The average Bonchev–Trinajstić information content (AvgIpc) is 2.67. The zero-order chi connectivity index (χ0) is 14.4. The molecule has 0 radical (unpaired) electrons. The normalized spacial score (nSPS) is 11.0. The van der Waals surface area contributed by atoms with Crippen LogP contribution < -0.4 is 5.32 Å². The van der Waals surface area contributed by atoms with Gasteiger partial charge in [-0.3, -0.25) is 10.1 Å². The summed E-state index contributed by atoms with van der Waals surface area (Å²) in [6.45, 7) is 4.53. The molecule has 1 N–H and O–H groups in total. The molecule has 0 saturated heterocycles. The number of ether oxygens (including phenoxy) is 2. The zero-order valence-corrected chi connectivity index (χ0v) is 11.7. The lowest BCUT2D eigenvalue weighted by atomic mass is 10.3. The summed E-state index contributed by atoms with van der Waals surface area (Å²) >= 11 is 0. The molecule has 0 unspecified atom stereocenters. The number of nitrogens with zero attached hydrogens (tertiary/aromatic N) is 3. The summed E-state index contributed by atoms with van der Waals surface area (Å²) in [6, 6.07) is 0. The fraction of sp³-hybridized carbons (Fsp3) is 0.727. The molecule has 0 amide bonds. The van der Waals surface area contributed by atoms with Crippen LogP contribution in [-0.2, 0) is 16.0 Å². The highest BCUT2D eigenvalue weighted by Gasteiger charge is 2.25. The van der Waals surface area contributed by atoms with Crippen molar-refractivity contribution < 1.29 is 14.4 Å². The van der Waals surface area contributed by atoms with Crippen molar-refractivity contribution in [3.63, 3.8) is 0 Å². The van der Waals surface area contributed by atoms with Crippen molar-refractivity contribution in [1.29, 1.82) is 0 Å². The molecule has 8 nitrogen and oxygen atoms in total. The zero-order valence-electron chi connectivity index (χ0n) is 11.7. The molecule has 0 atom stereocenters. The van der Waals surface area contributed by atoms with Crippen molar-refractivity contribution in [3.8, 4) is 0 Å². The van der Waals surface area contributed by atoms with E-state index < -0.39 is 11.2 Å². The van der Waals surface area contributed by atoms with Gasteiger partial charge in [0.05, 0.1) is 11.5 Å². The van der Waals surface area contributed by atoms with Crippen molar-refractivity contribution in [2.45, 2.75) is 33.1 Å². The standard InChI is InChI=1S/C11H20N4O4/c1-5-6-14-11(12-7-9(18-3)19-4)10(15(16)17)8(2)13-14/h9,12H,5-7H2,1-4H3. The molecule has 1 rings (SSSR count). The SMILES string of the molecule is CCCn1nc(C)c([N+](=O)[O-])c1NCC(OC)OC. The maximum absolute atomic E-state index is 11.1. The van der Waals surface area contributed by atoms with Gasteiger partial charge in [0.15, 0.2) is 6.29 Å². The van der Waals surface area contributed by atoms with Crippen molar-refractivity contribution >= 4 is 11.5 Å². The van der Waals surface area contributed by atoms with Gasteiger partial charge in [0.25, 0.3) is 0 Å². The Hall–Kier alpha value is -1.67. The van der Waals surface area contributed by atoms with Gasteiger partial charge in [-0.2, -0.15) is 5.10 Å². The summed E-state index contributed by atoms with van der Waals surface area (Å²) < 4.78 is 11.7. The third-order valence-electron chi connectivity index (χ3n) is 2.68. The first-order chi connectivity index (χ1) is 9.04. The lowest BCUT2D eigenvalue weighted by Gasteiger charge is -2.15. The monoisotopic (exact) mass is 272 g/mol. The van der Waals surface area contributed by atoms with Crippen LogP contribution in [0.4, 0.5) is 11.5 Å². The summed E-state index contributed by atoms with van der Waals surface area (Å²) in [4.78, 5) is 10.7. The minimum Gasteiger partial charge on any atom is -0.359 e. The first-order valence-corrected chi connectivity index (χ1v) is 6.06. The van der Waals surface area contributed by atoms with Crippen LogP contribution in [0.1, 0.15) is 19.0 Å². The quantitative estimate of drug-likeness (QED) is 0.438. The van der Waals surface area contributed by atoms with Crippen LogP contribution in [0.5, 0.6) is 0 Å². The molecule has 108 valence electrons. The topological polar surface area (TPSA) is 91.5 Å². The van der Waals surface area contributed by atoms with Crippen LogP contribution in [0.3, 0.4) is 0 Å². The fourth-order valence-electron chi connectivity index (χ4n) is 1.78. The van der Waals surface area contributed by atoms with Gasteiger partial charge in [0, 0.05) is 20.8 Å². The minimum absolute atomic E-state index is 0.000550. The number of nitrogens with one attached hydrogen (secondary N) is 1. The Bertz CT molecular complexity index is 429. The second-order valence-electron chi connectivity index (χ2n) is 4.04. The van der Waals surface area contributed by atoms with E-state index in [0.717, 1.165) is 6.42 Å². The van der Waals surface area contributed by atoms with Gasteiger partial charge in [-0.05, 0) is 13.3 Å². The van der Waals surface area contributed by atoms with Crippen LogP contribution in [0, 0.1) is 17.0 Å². The molecule has 0 aliphatic heterocycles. The second kappa shape index (κ2) is 7.05. The highest BCUT2D eigenvalue weighted by Crippen LogP contribution is 2.28. The summed E-state index contributed by atoms with van der Waals surface area (Å²) in [5.41, 5.74) is 0.395. The Kier molecular flexibility index (Phi) is 5.71. The van der Waals surface area contributed by atoms with Gasteiger partial charge in [-0.15, -0.1) is 0 Å². The van der Waals surface area contributed by atoms with E-state index in [-0.39, 0.29) is 5.69 Å². The molecule has 1 heterocycles. The van der Waals surface area contributed by atoms with Crippen LogP contribution >= 0.6 is 0 Å². The third kappa shape index (κ3) is 3.65. The number of aromatic nitrogens is 2. The van der Waals surface area contributed by atoms with E-state index in [2.05, 4.69) is 10.4 Å². The molecular weight excluding hydrogens is 252 g/mol. The van der Waals surface area contributed by atoms with Gasteiger partial charge in [-0.25, -0.2) is 4.68 Å². The number of aryl methyl sites for hydroxylation is 2. The van der Waals surface area contributed by atoms with Gasteiger partial charge >= 0.3 is 5.69 Å². The summed E-state index contributed by atoms with van der Waals surface area (Å²) in [5.74, 6) is 0.392. The number of methoxy groups -OCH3 is 2. The third-order valence-corrected chi connectivity index (χ3v) is 2.68. The number of nitro groups is 1. The molecule has 0 aromatic carbocycles. The van der Waals surface area contributed by atoms with E-state index in [1.807, 2.05) is 6.92 Å². The molecule has 0 saturated carbocycles. The Morgan fingerprint density at radius 2 is 2.11 bits per heavy atom. The lowest BCUT2D eigenvalue weighted by molar-refractivity contribution is -0.384. The van der Waals surface area contributed by atoms with Crippen molar-refractivity contribution in [1.82, 2.24) is 9.78 Å². The van der Waals surface area contributed by atoms with E-state index >= 15 is 0 Å². The van der Waals surface area contributed by atoms with Crippen LogP contribution in [0.2, 0.25) is 0 Å². The van der Waals surface area contributed by atoms with Crippen molar-refractivity contribution in [2.24, 2.45) is 0 Å². The number of rotatable bonds is 8. The van der Waals surface area contributed by atoms with Crippen molar-refractivity contribution in [3.05, 3.63) is 15.8 Å². The summed E-state index contributed by atoms with van der Waals surface area (Å²) in [7, 11) is 3.03. The molecule has 1 aromatic heterocycles. The molecule has 8 heteroatoms. The Labute approximate surface area is 111 Å². The van der Waals surface area contributed by atoms with Gasteiger partial charge in [0.1, 0.15) is 5.69 Å². The van der Waals surface area contributed by atoms with Gasteiger partial charge in [-0.1, -0.05) is 6.92 Å². The molecule has 0 spiro atoms. The Balaban J connectivity index is 2.97. The predicted octanol–water partition coefficient (Wildman–Crippen LogP) is 1.54. The average molecular weight is 272 g/mol. The molecule has 0 aliphatic carbocycles. The first-order valence-electron chi connectivity index (χ1n) is 6.06. The van der Waals surface area contributed by atoms with Crippen LogP contribution in [0.15, 0.2) is 0 Å². The number of hydrogen-bond acceptors (Lipinski definition) is 6. The Morgan fingerprint density at radius 1 is 1.47 bits per heavy atom. The largest absolute Gasteiger partial charge is 0.359 e. The predicted molar refractivity (Wildman–Crippen MR) is 70.2 cm³/mol. The second-order valence-corrected chi connectivity index (χ2v) is 4.04. The first kappa shape index (κ1) is 15.4. The molecule has 1 aromatic rings. The van der Waals surface area contributed by atoms with Crippen molar-refractivity contribution in [2.75, 3.05) is 26.1 Å². The highest BCUT2D eigenvalue weighted by atomic mass is 16.7. The molecular formula is C11H20N4O4. The maximum Gasteiger partial charge on any atom is 0.333 e. The molecule has 19 heavy (non-hydrogen) atoms. The van der Waals surface area contributed by atoms with E-state index in [1.54, 1.807) is 11.6 Å². The number of hydrogen-bond donors (Lipinski definition) is 1. The van der Waals surface area contributed by atoms with Crippen LogP contribution in [-0.4, -0.2) is 41.8 Å². The van der Waals surface area contributed by atoms with Gasteiger partial charge < -0.3 is 14.8 Å². The Morgan fingerprint density at radius 3 is 2.58 bits per heavy atom. The summed E-state index contributed by atoms with van der Waals surface area (Å²) in [5, 5.41) is 18.3. The summed E-state index contributed by atoms with van der Waals surface area (Å²) in [6.07, 6.45) is 0.371.